The molecule has 0 saturated heterocycles. The number of rotatable bonds is 7. The van der Waals surface area contributed by atoms with Gasteiger partial charge in [0.2, 0.25) is 0 Å². The molecule has 10 heteroatoms. The van der Waals surface area contributed by atoms with Gasteiger partial charge in [-0.1, -0.05) is 19.1 Å². The molecule has 1 atom stereocenters. The highest BCUT2D eigenvalue weighted by atomic mass is 19.4. The van der Waals surface area contributed by atoms with Crippen LogP contribution >= 0.6 is 0 Å². The van der Waals surface area contributed by atoms with Crippen molar-refractivity contribution >= 4 is 22.6 Å². The summed E-state index contributed by atoms with van der Waals surface area (Å²) < 4.78 is 45.0. The number of hydrogen-bond acceptors (Lipinski definition) is 4. The molecule has 0 fully saturated rings. The van der Waals surface area contributed by atoms with Gasteiger partial charge >= 0.3 is 12.2 Å². The first kappa shape index (κ1) is 24.2. The van der Waals surface area contributed by atoms with Crippen LogP contribution in [0.5, 0.6) is 0 Å². The zero-order valence-electron chi connectivity index (χ0n) is 18.5. The van der Waals surface area contributed by atoms with Crippen molar-refractivity contribution in [1.29, 1.82) is 0 Å². The lowest BCUT2D eigenvalue weighted by atomic mass is 10.1. The monoisotopic (exact) mass is 462 g/mol. The van der Waals surface area contributed by atoms with E-state index in [4.69, 9.17) is 4.74 Å². The maximum Gasteiger partial charge on any atom is 0.416 e. The Hall–Kier alpha value is -3.40. The van der Waals surface area contributed by atoms with Gasteiger partial charge in [0.25, 0.3) is 5.56 Å². The Kier molecular flexibility index (Phi) is 7.37. The van der Waals surface area contributed by atoms with E-state index in [9.17, 15) is 22.8 Å². The first-order valence-electron chi connectivity index (χ1n) is 10.4. The fourth-order valence-electron chi connectivity index (χ4n) is 3.56. The van der Waals surface area contributed by atoms with Gasteiger partial charge in [-0.15, -0.1) is 0 Å². The number of benzene rings is 2. The van der Waals surface area contributed by atoms with Gasteiger partial charge in [-0.25, -0.2) is 9.78 Å². The number of fused-ring (bicyclic) bond motifs is 1. The highest BCUT2D eigenvalue weighted by Gasteiger charge is 2.30. The lowest BCUT2D eigenvalue weighted by Crippen LogP contribution is -2.39. The molecule has 0 spiro atoms. The Bertz CT molecular complexity index is 1180. The molecule has 2 aromatic carbocycles. The standard InChI is InChI=1S/C23H25F3N4O3/c1-4-19(29(2)22(32)27-16-11-9-15(10-12-16)23(24,25)26)20-28-18-8-6-5-7-17(18)21(31)30(20)13-14-33-3/h5-12,19H,4,13-14H2,1-3H3,(H,27,32). The van der Waals surface area contributed by atoms with Gasteiger partial charge in [-0.2, -0.15) is 13.2 Å². The molecule has 1 heterocycles. The van der Waals surface area contributed by atoms with Crippen molar-refractivity contribution in [2.75, 3.05) is 26.1 Å². The molecule has 33 heavy (non-hydrogen) atoms. The number of hydrogen-bond donors (Lipinski definition) is 1. The number of nitrogens with one attached hydrogen (secondary N) is 1. The van der Waals surface area contributed by atoms with Crippen LogP contribution < -0.4 is 10.9 Å². The van der Waals surface area contributed by atoms with E-state index in [-0.39, 0.29) is 24.4 Å². The lowest BCUT2D eigenvalue weighted by Gasteiger charge is -2.29. The largest absolute Gasteiger partial charge is 0.416 e. The summed E-state index contributed by atoms with van der Waals surface area (Å²) in [6.07, 6.45) is -4.01. The number of methoxy groups -OCH3 is 1. The van der Waals surface area contributed by atoms with Crippen LogP contribution in [0, 0.1) is 0 Å². The summed E-state index contributed by atoms with van der Waals surface area (Å²) in [6, 6.07) is 10.1. The normalized spacial score (nSPS) is 12.5. The predicted octanol–water partition coefficient (Wildman–Crippen LogP) is 4.68. The number of urea groups is 1. The average Bonchev–Trinajstić information content (AvgIpc) is 2.79. The van der Waals surface area contributed by atoms with Gasteiger partial charge < -0.3 is 15.0 Å². The van der Waals surface area contributed by atoms with E-state index < -0.39 is 23.8 Å². The van der Waals surface area contributed by atoms with Crippen LogP contribution in [-0.4, -0.2) is 41.2 Å². The molecule has 0 aliphatic rings. The summed E-state index contributed by atoms with van der Waals surface area (Å²) in [5, 5.41) is 3.06. The van der Waals surface area contributed by atoms with Crippen molar-refractivity contribution < 1.29 is 22.7 Å². The van der Waals surface area contributed by atoms with E-state index in [0.717, 1.165) is 12.1 Å². The fourth-order valence-corrected chi connectivity index (χ4v) is 3.56. The number of para-hydroxylation sites is 1. The quantitative estimate of drug-likeness (QED) is 0.553. The van der Waals surface area contributed by atoms with Gasteiger partial charge in [0.1, 0.15) is 5.82 Å². The molecule has 7 nitrogen and oxygen atoms in total. The smallest absolute Gasteiger partial charge is 0.383 e. The zero-order chi connectivity index (χ0) is 24.2. The van der Waals surface area contributed by atoms with Crippen LogP contribution in [0.25, 0.3) is 10.9 Å². The number of alkyl halides is 3. The third kappa shape index (κ3) is 5.33. The molecule has 0 aliphatic carbocycles. The highest BCUT2D eigenvalue weighted by Crippen LogP contribution is 2.30. The topological polar surface area (TPSA) is 76.5 Å². The molecule has 3 aromatic rings. The van der Waals surface area contributed by atoms with E-state index in [1.165, 1.54) is 28.7 Å². The van der Waals surface area contributed by atoms with Gasteiger partial charge in [0, 0.05) is 19.8 Å². The Balaban J connectivity index is 1.92. The summed E-state index contributed by atoms with van der Waals surface area (Å²) in [4.78, 5) is 32.1. The fraction of sp³-hybridized carbons (Fsp3) is 0.348. The second kappa shape index (κ2) is 10.0. The van der Waals surface area contributed by atoms with Crippen LogP contribution in [0.15, 0.2) is 53.3 Å². The molecule has 0 saturated carbocycles. The number of halogens is 3. The average molecular weight is 462 g/mol. The number of amides is 2. The molecular weight excluding hydrogens is 437 g/mol. The van der Waals surface area contributed by atoms with Crippen LogP contribution in [-0.2, 0) is 17.5 Å². The van der Waals surface area contributed by atoms with Crippen molar-refractivity contribution in [2.24, 2.45) is 0 Å². The molecule has 0 bridgehead atoms. The van der Waals surface area contributed by atoms with Gasteiger partial charge in [-0.3, -0.25) is 9.36 Å². The molecule has 0 aliphatic heterocycles. The molecule has 3 rings (SSSR count). The Morgan fingerprint density at radius 2 is 1.85 bits per heavy atom. The number of carbonyl (C=O) groups excluding carboxylic acids is 1. The molecule has 1 N–H and O–H groups in total. The number of ether oxygens (including phenoxy) is 1. The first-order valence-corrected chi connectivity index (χ1v) is 10.4. The van der Waals surface area contributed by atoms with Crippen molar-refractivity contribution in [3.8, 4) is 0 Å². The minimum atomic E-state index is -4.46. The summed E-state index contributed by atoms with van der Waals surface area (Å²) in [6.45, 7) is 2.40. The second-order valence-electron chi connectivity index (χ2n) is 7.48. The molecular formula is C23H25F3N4O3. The van der Waals surface area contributed by atoms with Crippen LogP contribution in [0.1, 0.15) is 30.8 Å². The minimum absolute atomic E-state index is 0.220. The molecule has 176 valence electrons. The van der Waals surface area contributed by atoms with Crippen LogP contribution in [0.4, 0.5) is 23.7 Å². The summed E-state index contributed by atoms with van der Waals surface area (Å²) >= 11 is 0. The minimum Gasteiger partial charge on any atom is -0.383 e. The molecule has 1 aromatic heterocycles. The predicted molar refractivity (Wildman–Crippen MR) is 119 cm³/mol. The van der Waals surface area contributed by atoms with Crippen molar-refractivity contribution in [2.45, 2.75) is 32.1 Å². The molecule has 1 unspecified atom stereocenters. The maximum absolute atomic E-state index is 13.1. The highest BCUT2D eigenvalue weighted by molar-refractivity contribution is 5.89. The first-order chi connectivity index (χ1) is 15.7. The maximum atomic E-state index is 13.1. The summed E-state index contributed by atoms with van der Waals surface area (Å²) in [5.41, 5.74) is -0.301. The molecule has 2 amide bonds. The van der Waals surface area contributed by atoms with Crippen LogP contribution in [0.3, 0.4) is 0 Å². The van der Waals surface area contributed by atoms with E-state index in [2.05, 4.69) is 10.3 Å². The number of nitrogens with zero attached hydrogens (tertiary/aromatic N) is 3. The SMILES string of the molecule is CCC(c1nc2ccccc2c(=O)n1CCOC)N(C)C(=O)Nc1ccc(C(F)(F)F)cc1. The third-order valence-electron chi connectivity index (χ3n) is 5.35. The van der Waals surface area contributed by atoms with Crippen LogP contribution in [0.2, 0.25) is 0 Å². The Labute approximate surface area is 188 Å². The zero-order valence-corrected chi connectivity index (χ0v) is 18.5. The molecule has 0 radical (unpaired) electrons. The second-order valence-corrected chi connectivity index (χ2v) is 7.48. The Morgan fingerprint density at radius 3 is 2.45 bits per heavy atom. The lowest BCUT2D eigenvalue weighted by molar-refractivity contribution is -0.137. The van der Waals surface area contributed by atoms with Crippen molar-refractivity contribution in [3.05, 3.63) is 70.3 Å². The number of aromatic nitrogens is 2. The van der Waals surface area contributed by atoms with Gasteiger partial charge in [0.15, 0.2) is 0 Å². The van der Waals surface area contributed by atoms with E-state index in [1.807, 2.05) is 6.92 Å². The number of carbonyl (C=O) groups is 1. The summed E-state index contributed by atoms with van der Waals surface area (Å²) in [5.74, 6) is 0.406. The summed E-state index contributed by atoms with van der Waals surface area (Å²) in [7, 11) is 3.08. The van der Waals surface area contributed by atoms with Crippen molar-refractivity contribution in [1.82, 2.24) is 14.5 Å². The van der Waals surface area contributed by atoms with E-state index in [0.29, 0.717) is 23.1 Å². The van der Waals surface area contributed by atoms with Crippen molar-refractivity contribution in [3.63, 3.8) is 0 Å². The van der Waals surface area contributed by atoms with Gasteiger partial charge in [0.05, 0.1) is 35.7 Å². The van der Waals surface area contributed by atoms with E-state index >= 15 is 0 Å². The van der Waals surface area contributed by atoms with Gasteiger partial charge in [-0.05, 0) is 42.8 Å². The Morgan fingerprint density at radius 1 is 1.18 bits per heavy atom. The third-order valence-corrected chi connectivity index (χ3v) is 5.35. The number of anilines is 1. The van der Waals surface area contributed by atoms with E-state index in [1.54, 1.807) is 31.3 Å².